The molecule has 140 valence electrons. The molecule has 0 aliphatic carbocycles. The first-order valence-electron chi connectivity index (χ1n) is 8.06. The second kappa shape index (κ2) is 7.05. The van der Waals surface area contributed by atoms with Crippen molar-refractivity contribution in [2.24, 2.45) is 5.41 Å². The van der Waals surface area contributed by atoms with Gasteiger partial charge in [0.15, 0.2) is 0 Å². The number of piperidine rings is 1. The minimum absolute atomic E-state index is 0.0515. The topological polar surface area (TPSA) is 104 Å². The minimum atomic E-state index is -3.91. The summed E-state index contributed by atoms with van der Waals surface area (Å²) < 4.78 is 27.9. The van der Waals surface area contributed by atoms with E-state index in [0.717, 1.165) is 11.3 Å². The van der Waals surface area contributed by atoms with Crippen molar-refractivity contribution in [2.75, 3.05) is 13.1 Å². The SMILES string of the molecule is Cc1csc(C(=O)O)c1S(=O)(=O)NC1CCN(C(=O)C(C)(C)C)CC1. The van der Waals surface area contributed by atoms with Gasteiger partial charge in [-0.1, -0.05) is 20.8 Å². The molecule has 2 heterocycles. The molecular weight excluding hydrogens is 364 g/mol. The lowest BCUT2D eigenvalue weighted by Gasteiger charge is -2.35. The first-order chi connectivity index (χ1) is 11.4. The Morgan fingerprint density at radius 3 is 2.32 bits per heavy atom. The molecule has 0 saturated carbocycles. The number of carbonyl (C=O) groups is 2. The molecule has 2 N–H and O–H groups in total. The monoisotopic (exact) mass is 388 g/mol. The van der Waals surface area contributed by atoms with Crippen LogP contribution in [0, 0.1) is 12.3 Å². The van der Waals surface area contributed by atoms with Crippen molar-refractivity contribution in [1.29, 1.82) is 0 Å². The lowest BCUT2D eigenvalue weighted by Crippen LogP contribution is -2.49. The van der Waals surface area contributed by atoms with E-state index in [1.54, 1.807) is 11.8 Å². The standard InChI is InChI=1S/C16H24N2O5S2/c1-10-9-24-12(14(19)20)13(10)25(22,23)17-11-5-7-18(8-6-11)15(21)16(2,3)4/h9,11,17H,5-8H2,1-4H3,(H,19,20). The Morgan fingerprint density at radius 1 is 1.28 bits per heavy atom. The summed E-state index contributed by atoms with van der Waals surface area (Å²) in [4.78, 5) is 25.0. The number of amides is 1. The number of rotatable bonds is 4. The van der Waals surface area contributed by atoms with Gasteiger partial charge in [-0.3, -0.25) is 4.79 Å². The number of carboxylic acids is 1. The van der Waals surface area contributed by atoms with Crippen molar-refractivity contribution >= 4 is 33.2 Å². The maximum Gasteiger partial charge on any atom is 0.347 e. The molecule has 9 heteroatoms. The number of hydrogen-bond donors (Lipinski definition) is 2. The van der Waals surface area contributed by atoms with Crippen molar-refractivity contribution in [3.05, 3.63) is 15.8 Å². The molecular formula is C16H24N2O5S2. The number of thiophene rings is 1. The van der Waals surface area contributed by atoms with E-state index in [9.17, 15) is 23.1 Å². The molecule has 1 aromatic heterocycles. The number of likely N-dealkylation sites (tertiary alicyclic amines) is 1. The van der Waals surface area contributed by atoms with Crippen LogP contribution in [0.15, 0.2) is 10.3 Å². The molecule has 1 aliphatic rings. The van der Waals surface area contributed by atoms with Gasteiger partial charge in [-0.2, -0.15) is 0 Å². The van der Waals surface area contributed by atoms with Gasteiger partial charge in [-0.15, -0.1) is 11.3 Å². The molecule has 1 fully saturated rings. The van der Waals surface area contributed by atoms with Crippen LogP contribution in [-0.4, -0.2) is 49.4 Å². The van der Waals surface area contributed by atoms with Crippen LogP contribution in [-0.2, 0) is 14.8 Å². The van der Waals surface area contributed by atoms with E-state index in [-0.39, 0.29) is 21.7 Å². The van der Waals surface area contributed by atoms with Crippen molar-refractivity contribution in [1.82, 2.24) is 9.62 Å². The highest BCUT2D eigenvalue weighted by atomic mass is 32.2. The van der Waals surface area contributed by atoms with Gasteiger partial charge >= 0.3 is 5.97 Å². The fourth-order valence-electron chi connectivity index (χ4n) is 2.87. The summed E-state index contributed by atoms with van der Waals surface area (Å²) in [5.41, 5.74) is -0.0356. The van der Waals surface area contributed by atoms with Crippen LogP contribution in [0.5, 0.6) is 0 Å². The zero-order valence-electron chi connectivity index (χ0n) is 14.8. The van der Waals surface area contributed by atoms with E-state index >= 15 is 0 Å². The molecule has 0 aromatic carbocycles. The second-order valence-corrected chi connectivity index (χ2v) is 9.85. The highest BCUT2D eigenvalue weighted by Crippen LogP contribution is 2.28. The number of nitrogens with one attached hydrogen (secondary N) is 1. The Hall–Kier alpha value is -1.45. The van der Waals surface area contributed by atoms with Crippen molar-refractivity contribution in [3.63, 3.8) is 0 Å². The zero-order chi connectivity index (χ0) is 19.0. The molecule has 1 aliphatic heterocycles. The molecule has 1 saturated heterocycles. The van der Waals surface area contributed by atoms with Crippen LogP contribution in [0.25, 0.3) is 0 Å². The average molecular weight is 389 g/mol. The fourth-order valence-corrected chi connectivity index (χ4v) is 5.80. The van der Waals surface area contributed by atoms with E-state index in [0.29, 0.717) is 31.5 Å². The smallest absolute Gasteiger partial charge is 0.347 e. The molecule has 2 rings (SSSR count). The number of carboxylic acid groups (broad SMARTS) is 1. The Balaban J connectivity index is 2.08. The molecule has 0 unspecified atom stereocenters. The predicted molar refractivity (Wildman–Crippen MR) is 95.4 cm³/mol. The normalized spacial score (nSPS) is 16.9. The van der Waals surface area contributed by atoms with Gasteiger partial charge < -0.3 is 10.0 Å². The summed E-state index contributed by atoms with van der Waals surface area (Å²) in [5, 5.41) is 10.7. The van der Waals surface area contributed by atoms with E-state index in [1.165, 1.54) is 5.38 Å². The quantitative estimate of drug-likeness (QED) is 0.822. The molecule has 0 atom stereocenters. The van der Waals surface area contributed by atoms with Crippen LogP contribution in [0.2, 0.25) is 0 Å². The van der Waals surface area contributed by atoms with Crippen molar-refractivity contribution < 1.29 is 23.1 Å². The molecule has 1 aromatic rings. The van der Waals surface area contributed by atoms with E-state index in [1.807, 2.05) is 20.8 Å². The summed E-state index contributed by atoms with van der Waals surface area (Å²) in [6.45, 7) is 8.13. The highest BCUT2D eigenvalue weighted by Gasteiger charge is 2.33. The lowest BCUT2D eigenvalue weighted by atomic mass is 9.93. The average Bonchev–Trinajstić information content (AvgIpc) is 2.89. The van der Waals surface area contributed by atoms with Crippen LogP contribution in [0.1, 0.15) is 48.8 Å². The molecule has 25 heavy (non-hydrogen) atoms. The molecule has 0 radical (unpaired) electrons. The molecule has 7 nitrogen and oxygen atoms in total. The maximum absolute atomic E-state index is 12.6. The highest BCUT2D eigenvalue weighted by molar-refractivity contribution is 7.89. The molecule has 0 spiro atoms. The summed E-state index contributed by atoms with van der Waals surface area (Å²) in [6, 6.07) is -0.310. The lowest BCUT2D eigenvalue weighted by molar-refractivity contribution is -0.140. The Bertz CT molecular complexity index is 769. The Morgan fingerprint density at radius 2 is 1.84 bits per heavy atom. The fraction of sp³-hybridized carbons (Fsp3) is 0.625. The number of aryl methyl sites for hydroxylation is 1. The van der Waals surface area contributed by atoms with Gasteiger partial charge in [0.1, 0.15) is 9.77 Å². The summed E-state index contributed by atoms with van der Waals surface area (Å²) in [5.74, 6) is -1.19. The number of hydrogen-bond acceptors (Lipinski definition) is 5. The number of sulfonamides is 1. The summed E-state index contributed by atoms with van der Waals surface area (Å²) in [6.07, 6.45) is 1.01. The first kappa shape index (κ1) is 19.9. The van der Waals surface area contributed by atoms with Gasteiger partial charge in [0.25, 0.3) is 0 Å². The van der Waals surface area contributed by atoms with E-state index in [2.05, 4.69) is 4.72 Å². The van der Waals surface area contributed by atoms with Crippen LogP contribution in [0.3, 0.4) is 0 Å². The Kier molecular flexibility index (Phi) is 5.60. The molecule has 1 amide bonds. The third kappa shape index (κ3) is 4.39. The number of nitrogens with zero attached hydrogens (tertiary/aromatic N) is 1. The van der Waals surface area contributed by atoms with Gasteiger partial charge in [-0.25, -0.2) is 17.9 Å². The van der Waals surface area contributed by atoms with Gasteiger partial charge in [0.05, 0.1) is 0 Å². The largest absolute Gasteiger partial charge is 0.477 e. The number of aromatic carboxylic acids is 1. The van der Waals surface area contributed by atoms with Crippen LogP contribution < -0.4 is 4.72 Å². The van der Waals surface area contributed by atoms with Crippen LogP contribution in [0.4, 0.5) is 0 Å². The van der Waals surface area contributed by atoms with E-state index in [4.69, 9.17) is 0 Å². The Labute approximate surface area is 152 Å². The first-order valence-corrected chi connectivity index (χ1v) is 10.4. The second-order valence-electron chi connectivity index (χ2n) is 7.32. The van der Waals surface area contributed by atoms with Gasteiger partial charge in [-0.05, 0) is 30.7 Å². The van der Waals surface area contributed by atoms with E-state index < -0.39 is 21.4 Å². The summed E-state index contributed by atoms with van der Waals surface area (Å²) >= 11 is 0.909. The zero-order valence-corrected chi connectivity index (χ0v) is 16.5. The van der Waals surface area contributed by atoms with Gasteiger partial charge in [0, 0.05) is 24.5 Å². The number of carbonyl (C=O) groups excluding carboxylic acids is 1. The predicted octanol–water partition coefficient (Wildman–Crippen LogP) is 2.07. The van der Waals surface area contributed by atoms with Crippen molar-refractivity contribution in [3.8, 4) is 0 Å². The summed E-state index contributed by atoms with van der Waals surface area (Å²) in [7, 11) is -3.91. The minimum Gasteiger partial charge on any atom is -0.477 e. The maximum atomic E-state index is 12.6. The third-order valence-electron chi connectivity index (χ3n) is 4.13. The van der Waals surface area contributed by atoms with Crippen LogP contribution >= 0.6 is 11.3 Å². The molecule has 0 bridgehead atoms. The third-order valence-corrected chi connectivity index (χ3v) is 7.05. The van der Waals surface area contributed by atoms with Crippen molar-refractivity contribution in [2.45, 2.75) is 51.5 Å². The van der Waals surface area contributed by atoms with Gasteiger partial charge in [0.2, 0.25) is 15.9 Å².